The number of sulfonamides is 1. The van der Waals surface area contributed by atoms with Gasteiger partial charge in [-0.2, -0.15) is 0 Å². The number of nitrogens with one attached hydrogen (secondary N) is 2. The maximum atomic E-state index is 12.2. The van der Waals surface area contributed by atoms with E-state index >= 15 is 0 Å². The fourth-order valence-corrected chi connectivity index (χ4v) is 2.52. The zero-order valence-corrected chi connectivity index (χ0v) is 12.3. The molecule has 10 heteroatoms. The summed E-state index contributed by atoms with van der Waals surface area (Å²) in [5.74, 6) is 0.340. The summed E-state index contributed by atoms with van der Waals surface area (Å²) in [6.45, 7) is 0. The van der Waals surface area contributed by atoms with Crippen molar-refractivity contribution in [2.75, 3.05) is 11.8 Å². The molecule has 9 nitrogen and oxygen atoms in total. The van der Waals surface area contributed by atoms with Gasteiger partial charge in [-0.1, -0.05) is 0 Å². The molecule has 1 aromatic carbocycles. The molecule has 2 aromatic rings. The zero-order chi connectivity index (χ0) is 16.0. The lowest BCUT2D eigenvalue weighted by Gasteiger charge is -2.08. The van der Waals surface area contributed by atoms with Crippen LogP contribution in [0.15, 0.2) is 46.5 Å². The van der Waals surface area contributed by atoms with E-state index in [-0.39, 0.29) is 16.6 Å². The highest BCUT2D eigenvalue weighted by atomic mass is 32.2. The first-order chi connectivity index (χ1) is 10.5. The van der Waals surface area contributed by atoms with Crippen molar-refractivity contribution < 1.29 is 18.4 Å². The molecule has 3 N–H and O–H groups in total. The first-order valence-electron chi connectivity index (χ1n) is 5.96. The van der Waals surface area contributed by atoms with Gasteiger partial charge in [-0.15, -0.1) is 0 Å². The van der Waals surface area contributed by atoms with Crippen molar-refractivity contribution >= 4 is 27.9 Å². The molecule has 0 atom stereocenters. The minimum atomic E-state index is -3.79. The van der Waals surface area contributed by atoms with Crippen LogP contribution in [-0.2, 0) is 10.0 Å². The second-order valence-corrected chi connectivity index (χ2v) is 5.61. The van der Waals surface area contributed by atoms with Crippen molar-refractivity contribution in [1.29, 1.82) is 0 Å². The van der Waals surface area contributed by atoms with Crippen molar-refractivity contribution in [3.8, 4) is 5.88 Å². The molecule has 0 saturated heterocycles. The van der Waals surface area contributed by atoms with Crippen molar-refractivity contribution in [3.05, 3.63) is 36.7 Å². The van der Waals surface area contributed by atoms with Gasteiger partial charge in [-0.05, 0) is 24.3 Å². The fourth-order valence-electron chi connectivity index (χ4n) is 1.52. The van der Waals surface area contributed by atoms with E-state index in [1.807, 2.05) is 0 Å². The first kappa shape index (κ1) is 15.7. The Labute approximate surface area is 126 Å². The van der Waals surface area contributed by atoms with Gasteiger partial charge in [0.25, 0.3) is 10.0 Å². The van der Waals surface area contributed by atoms with Crippen LogP contribution in [0.1, 0.15) is 0 Å². The molecule has 1 heterocycles. The maximum absolute atomic E-state index is 12.2. The first-order valence-corrected chi connectivity index (χ1v) is 7.44. The Morgan fingerprint density at radius 3 is 2.64 bits per heavy atom. The van der Waals surface area contributed by atoms with Gasteiger partial charge in [-0.25, -0.2) is 23.4 Å². The molecular formula is C12H13N5O4S. The van der Waals surface area contributed by atoms with Crippen molar-refractivity contribution in [2.45, 2.75) is 4.90 Å². The molecular weight excluding hydrogens is 310 g/mol. The number of benzene rings is 1. The number of hydrogen-bond donors (Lipinski definition) is 3. The van der Waals surface area contributed by atoms with Gasteiger partial charge >= 0.3 is 0 Å². The Morgan fingerprint density at radius 1 is 1.27 bits per heavy atom. The van der Waals surface area contributed by atoms with Gasteiger partial charge in [0.1, 0.15) is 18.5 Å². The third-order valence-electron chi connectivity index (χ3n) is 2.51. The molecule has 116 valence electrons. The van der Waals surface area contributed by atoms with Crippen molar-refractivity contribution in [1.82, 2.24) is 15.4 Å². The lowest BCUT2D eigenvalue weighted by molar-refractivity contribution is 0.240. The Morgan fingerprint density at radius 2 is 2.00 bits per heavy atom. The van der Waals surface area contributed by atoms with Crippen molar-refractivity contribution in [2.24, 2.45) is 4.99 Å². The second kappa shape index (κ2) is 6.83. The van der Waals surface area contributed by atoms with Gasteiger partial charge in [0.15, 0.2) is 0 Å². The van der Waals surface area contributed by atoms with E-state index in [2.05, 4.69) is 19.7 Å². The number of methoxy groups -OCH3 is 1. The molecule has 0 fully saturated rings. The third kappa shape index (κ3) is 3.90. The molecule has 0 spiro atoms. The average Bonchev–Trinajstić information content (AvgIpc) is 2.53. The summed E-state index contributed by atoms with van der Waals surface area (Å²) in [5.41, 5.74) is 2.23. The zero-order valence-electron chi connectivity index (χ0n) is 11.5. The smallest absolute Gasteiger partial charge is 0.263 e. The number of ether oxygens (including phenoxy) is 1. The van der Waals surface area contributed by atoms with Crippen LogP contribution in [0.5, 0.6) is 5.88 Å². The SMILES string of the molecule is COc1cc(NS(=O)(=O)c2ccc(N=CNO)cc2)ncn1. The summed E-state index contributed by atoms with van der Waals surface area (Å²) in [4.78, 5) is 11.5. The molecule has 0 bridgehead atoms. The number of nitrogens with zero attached hydrogens (tertiary/aromatic N) is 3. The van der Waals surface area contributed by atoms with Crippen LogP contribution < -0.4 is 14.9 Å². The van der Waals surface area contributed by atoms with E-state index in [1.165, 1.54) is 43.8 Å². The topological polar surface area (TPSA) is 126 Å². The molecule has 0 unspecified atom stereocenters. The molecule has 0 aliphatic carbocycles. The van der Waals surface area contributed by atoms with E-state index in [1.54, 1.807) is 5.48 Å². The molecule has 0 radical (unpaired) electrons. The summed E-state index contributed by atoms with van der Waals surface area (Å²) in [5, 5.41) is 8.39. The lowest BCUT2D eigenvalue weighted by Crippen LogP contribution is -2.14. The monoisotopic (exact) mass is 323 g/mol. The summed E-state index contributed by atoms with van der Waals surface area (Å²) < 4.78 is 31.7. The minimum absolute atomic E-state index is 0.0426. The van der Waals surface area contributed by atoms with Gasteiger partial charge in [-0.3, -0.25) is 15.4 Å². The van der Waals surface area contributed by atoms with Gasteiger partial charge in [0.05, 0.1) is 17.7 Å². The predicted octanol–water partition coefficient (Wildman–Crippen LogP) is 0.925. The number of aliphatic imine (C=N–C) groups is 1. The third-order valence-corrected chi connectivity index (χ3v) is 3.88. The molecule has 1 aromatic heterocycles. The Bertz CT molecular complexity index is 761. The summed E-state index contributed by atoms with van der Waals surface area (Å²) in [7, 11) is -2.37. The number of anilines is 1. The van der Waals surface area contributed by atoms with E-state index in [0.29, 0.717) is 5.69 Å². The molecule has 0 aliphatic heterocycles. The quantitative estimate of drug-likeness (QED) is 0.410. The van der Waals surface area contributed by atoms with Crippen LogP contribution in [0.3, 0.4) is 0 Å². The lowest BCUT2D eigenvalue weighted by atomic mass is 10.3. The fraction of sp³-hybridized carbons (Fsp3) is 0.0833. The standard InChI is InChI=1S/C12H13N5O4S/c1-21-12-6-11(14-7-15-12)17-22(19,20)10-4-2-9(3-5-10)13-8-16-18/h2-8,18H,1H3,(H,13,16)(H,14,15,17). The minimum Gasteiger partial charge on any atom is -0.481 e. The predicted molar refractivity (Wildman–Crippen MR) is 78.9 cm³/mol. The van der Waals surface area contributed by atoms with E-state index in [9.17, 15) is 8.42 Å². The number of rotatable bonds is 6. The highest BCUT2D eigenvalue weighted by Gasteiger charge is 2.15. The maximum Gasteiger partial charge on any atom is 0.263 e. The molecule has 0 aliphatic rings. The Kier molecular flexibility index (Phi) is 4.86. The average molecular weight is 323 g/mol. The summed E-state index contributed by atoms with van der Waals surface area (Å²) >= 11 is 0. The molecule has 0 amide bonds. The normalized spacial score (nSPS) is 11.4. The van der Waals surface area contributed by atoms with E-state index in [0.717, 1.165) is 6.34 Å². The van der Waals surface area contributed by atoms with Crippen molar-refractivity contribution in [3.63, 3.8) is 0 Å². The van der Waals surface area contributed by atoms with Crippen LogP contribution in [0.4, 0.5) is 11.5 Å². The summed E-state index contributed by atoms with van der Waals surface area (Å²) in [6.07, 6.45) is 2.26. The van der Waals surface area contributed by atoms with Crippen LogP contribution in [0.25, 0.3) is 0 Å². The number of aromatic nitrogens is 2. The molecule has 0 saturated carbocycles. The number of hydrogen-bond acceptors (Lipinski definition) is 7. The highest BCUT2D eigenvalue weighted by molar-refractivity contribution is 7.92. The van der Waals surface area contributed by atoms with Crippen LogP contribution in [0.2, 0.25) is 0 Å². The van der Waals surface area contributed by atoms with E-state index in [4.69, 9.17) is 9.94 Å². The van der Waals surface area contributed by atoms with Crippen LogP contribution in [-0.4, -0.2) is 37.0 Å². The second-order valence-electron chi connectivity index (χ2n) is 3.93. The Hall–Kier alpha value is -2.72. The van der Waals surface area contributed by atoms with Crippen LogP contribution >= 0.6 is 0 Å². The molecule has 2 rings (SSSR count). The number of hydroxylamine groups is 1. The van der Waals surface area contributed by atoms with Crippen LogP contribution in [0, 0.1) is 0 Å². The van der Waals surface area contributed by atoms with Gasteiger partial charge in [0.2, 0.25) is 5.88 Å². The largest absolute Gasteiger partial charge is 0.481 e. The summed E-state index contributed by atoms with van der Waals surface area (Å²) in [6, 6.07) is 7.10. The van der Waals surface area contributed by atoms with Gasteiger partial charge in [0, 0.05) is 6.07 Å². The highest BCUT2D eigenvalue weighted by Crippen LogP contribution is 2.19. The van der Waals surface area contributed by atoms with E-state index < -0.39 is 10.0 Å². The molecule has 22 heavy (non-hydrogen) atoms. The Balaban J connectivity index is 2.20. The van der Waals surface area contributed by atoms with Gasteiger partial charge < -0.3 is 4.74 Å².